The molecule has 0 heterocycles. The van der Waals surface area contributed by atoms with E-state index in [2.05, 4.69) is 6.92 Å². The number of rotatable bonds is 26. The van der Waals surface area contributed by atoms with Crippen molar-refractivity contribution >= 4 is 57.4 Å². The van der Waals surface area contributed by atoms with Gasteiger partial charge in [0.05, 0.1) is 0 Å². The minimum Gasteiger partial charge on any atom is -0.481 e. The second kappa shape index (κ2) is 31.1. The molecule has 3 heteroatoms. The van der Waals surface area contributed by atoms with Crippen molar-refractivity contribution in [1.82, 2.24) is 0 Å². The summed E-state index contributed by atoms with van der Waals surface area (Å²) in [7, 11) is 0. The van der Waals surface area contributed by atoms with Crippen molar-refractivity contribution < 1.29 is 9.90 Å². The zero-order chi connectivity index (χ0) is 22.0. The molecule has 0 spiro atoms. The van der Waals surface area contributed by atoms with E-state index in [9.17, 15) is 4.79 Å². The number of aliphatic carboxylic acids is 1. The van der Waals surface area contributed by atoms with Gasteiger partial charge in [-0.15, -0.1) is 0 Å². The topological polar surface area (TPSA) is 37.3 Å². The molecule has 0 atom stereocenters. The van der Waals surface area contributed by atoms with Gasteiger partial charge in [-0.2, -0.15) is 0 Å². The normalized spacial score (nSPS) is 10.9. The molecule has 31 heavy (non-hydrogen) atoms. The Balaban J connectivity index is 0. The Hall–Kier alpha value is 1.11. The van der Waals surface area contributed by atoms with E-state index in [1.165, 1.54) is 148 Å². The standard InChI is InChI=1S/C28H56O2.K/c1-2-3-4-5-6-7-8-9-10-11-12-13-14-15-16-17-18-19-20-21-22-23-24-25-26-27-28(29)30;/h2-27H2,1H3,(H,29,30);. The SMILES string of the molecule is CCCCCCCCCCCCCCCCCCCCCCCCCCCC(=O)O.[K]. The maximum Gasteiger partial charge on any atom is 0.303 e. The second-order valence-electron chi connectivity index (χ2n) is 9.63. The molecule has 1 radical (unpaired) electrons. The Kier molecular flexibility index (Phi) is 34.4. The van der Waals surface area contributed by atoms with Crippen molar-refractivity contribution in [2.24, 2.45) is 0 Å². The van der Waals surface area contributed by atoms with Gasteiger partial charge in [-0.3, -0.25) is 4.79 Å². The Morgan fingerprint density at radius 3 is 0.806 bits per heavy atom. The summed E-state index contributed by atoms with van der Waals surface area (Å²) < 4.78 is 0. The average Bonchev–Trinajstić information content (AvgIpc) is 2.73. The molecule has 0 aromatic rings. The van der Waals surface area contributed by atoms with Gasteiger partial charge in [0.2, 0.25) is 0 Å². The van der Waals surface area contributed by atoms with Crippen LogP contribution in [0.1, 0.15) is 174 Å². The van der Waals surface area contributed by atoms with Crippen LogP contribution in [-0.4, -0.2) is 62.5 Å². The summed E-state index contributed by atoms with van der Waals surface area (Å²) in [6, 6.07) is 0. The Labute approximate surface area is 238 Å². The van der Waals surface area contributed by atoms with Gasteiger partial charge < -0.3 is 5.11 Å². The predicted octanol–water partition coefficient (Wildman–Crippen LogP) is 9.85. The molecule has 0 bridgehead atoms. The third-order valence-corrected chi connectivity index (χ3v) is 6.49. The number of unbranched alkanes of at least 4 members (excludes halogenated alkanes) is 24. The van der Waals surface area contributed by atoms with Crippen molar-refractivity contribution in [2.75, 3.05) is 0 Å². The first-order valence-corrected chi connectivity index (χ1v) is 14.0. The van der Waals surface area contributed by atoms with Crippen LogP contribution in [0.3, 0.4) is 0 Å². The second-order valence-corrected chi connectivity index (χ2v) is 9.63. The smallest absolute Gasteiger partial charge is 0.303 e. The van der Waals surface area contributed by atoms with Crippen LogP contribution in [-0.2, 0) is 4.79 Å². The summed E-state index contributed by atoms with van der Waals surface area (Å²) in [5, 5.41) is 8.60. The van der Waals surface area contributed by atoms with Gasteiger partial charge in [-0.25, -0.2) is 0 Å². The van der Waals surface area contributed by atoms with Crippen molar-refractivity contribution in [3.05, 3.63) is 0 Å². The van der Waals surface area contributed by atoms with Crippen molar-refractivity contribution in [3.8, 4) is 0 Å². The molecule has 0 aromatic carbocycles. The summed E-state index contributed by atoms with van der Waals surface area (Å²) in [5.41, 5.74) is 0. The summed E-state index contributed by atoms with van der Waals surface area (Å²) in [6.45, 7) is 2.29. The molecule has 0 unspecified atom stereocenters. The molecule has 0 amide bonds. The van der Waals surface area contributed by atoms with Crippen LogP contribution >= 0.6 is 0 Å². The van der Waals surface area contributed by atoms with E-state index in [1.807, 2.05) is 0 Å². The van der Waals surface area contributed by atoms with Gasteiger partial charge in [-0.1, -0.05) is 161 Å². The Morgan fingerprint density at radius 2 is 0.613 bits per heavy atom. The van der Waals surface area contributed by atoms with Crippen LogP contribution in [0.5, 0.6) is 0 Å². The van der Waals surface area contributed by atoms with Crippen LogP contribution < -0.4 is 0 Å². The predicted molar refractivity (Wildman–Crippen MR) is 139 cm³/mol. The van der Waals surface area contributed by atoms with Gasteiger partial charge >= 0.3 is 5.97 Å². The number of carboxylic acids is 1. The molecule has 0 saturated carbocycles. The fraction of sp³-hybridized carbons (Fsp3) is 0.964. The minimum absolute atomic E-state index is 0. The third-order valence-electron chi connectivity index (χ3n) is 6.49. The zero-order valence-corrected chi connectivity index (χ0v) is 24.9. The monoisotopic (exact) mass is 463 g/mol. The molecule has 0 aliphatic heterocycles. The van der Waals surface area contributed by atoms with Gasteiger partial charge in [0.15, 0.2) is 0 Å². The van der Waals surface area contributed by atoms with Gasteiger partial charge in [0, 0.05) is 57.8 Å². The molecule has 0 aliphatic rings. The number of carbonyl (C=O) groups is 1. The number of carboxylic acid groups (broad SMARTS) is 1. The average molecular weight is 464 g/mol. The minimum atomic E-state index is -0.649. The maximum atomic E-state index is 10.4. The molecule has 0 aliphatic carbocycles. The van der Waals surface area contributed by atoms with Crippen LogP contribution in [0.25, 0.3) is 0 Å². The van der Waals surface area contributed by atoms with E-state index >= 15 is 0 Å². The molecule has 1 N–H and O–H groups in total. The van der Waals surface area contributed by atoms with Crippen molar-refractivity contribution in [3.63, 3.8) is 0 Å². The molecule has 181 valence electrons. The summed E-state index contributed by atoms with van der Waals surface area (Å²) in [4.78, 5) is 10.4. The van der Waals surface area contributed by atoms with Crippen LogP contribution in [0.15, 0.2) is 0 Å². The van der Waals surface area contributed by atoms with Crippen LogP contribution in [0.2, 0.25) is 0 Å². The molecule has 0 rings (SSSR count). The van der Waals surface area contributed by atoms with Gasteiger partial charge in [-0.05, 0) is 6.42 Å². The quantitative estimate of drug-likeness (QED) is 0.102. The number of hydrogen-bond acceptors (Lipinski definition) is 1. The summed E-state index contributed by atoms with van der Waals surface area (Å²) >= 11 is 0. The van der Waals surface area contributed by atoms with E-state index in [1.54, 1.807) is 0 Å². The van der Waals surface area contributed by atoms with Crippen LogP contribution in [0, 0.1) is 0 Å². The molecule has 0 fully saturated rings. The van der Waals surface area contributed by atoms with E-state index < -0.39 is 5.97 Å². The molecular formula is C28H56KO2. The molecular weight excluding hydrogens is 407 g/mol. The largest absolute Gasteiger partial charge is 0.481 e. The molecule has 0 aromatic heterocycles. The molecule has 0 saturated heterocycles. The van der Waals surface area contributed by atoms with Crippen molar-refractivity contribution in [2.45, 2.75) is 174 Å². The van der Waals surface area contributed by atoms with E-state index in [0.717, 1.165) is 12.8 Å². The van der Waals surface area contributed by atoms with E-state index in [-0.39, 0.29) is 51.4 Å². The van der Waals surface area contributed by atoms with Gasteiger partial charge in [0.25, 0.3) is 0 Å². The van der Waals surface area contributed by atoms with Crippen LogP contribution in [0.4, 0.5) is 0 Å². The summed E-state index contributed by atoms with van der Waals surface area (Å²) in [6.07, 6.45) is 35.0. The third kappa shape index (κ3) is 33.4. The number of hydrogen-bond donors (Lipinski definition) is 1. The Morgan fingerprint density at radius 1 is 0.419 bits per heavy atom. The van der Waals surface area contributed by atoms with E-state index in [0.29, 0.717) is 6.42 Å². The zero-order valence-electron chi connectivity index (χ0n) is 21.7. The fourth-order valence-electron chi connectivity index (χ4n) is 4.42. The van der Waals surface area contributed by atoms with Crippen molar-refractivity contribution in [1.29, 1.82) is 0 Å². The van der Waals surface area contributed by atoms with Gasteiger partial charge in [0.1, 0.15) is 0 Å². The Bertz CT molecular complexity index is 333. The molecule has 2 nitrogen and oxygen atoms in total. The first-order chi connectivity index (χ1) is 14.8. The maximum absolute atomic E-state index is 10.4. The first kappa shape index (κ1) is 34.3. The first-order valence-electron chi connectivity index (χ1n) is 14.0. The van der Waals surface area contributed by atoms with E-state index in [4.69, 9.17) is 5.11 Å². The fourth-order valence-corrected chi connectivity index (χ4v) is 4.42. The summed E-state index contributed by atoms with van der Waals surface area (Å²) in [5.74, 6) is -0.649.